The van der Waals surface area contributed by atoms with Crippen molar-refractivity contribution >= 4 is 22.7 Å². The van der Waals surface area contributed by atoms with Crippen LogP contribution in [0, 0.1) is 11.8 Å². The lowest BCUT2D eigenvalue weighted by Gasteiger charge is -2.23. The van der Waals surface area contributed by atoms with Crippen LogP contribution >= 0.6 is 0 Å². The molecule has 3 aromatic rings. The molecule has 0 radical (unpaired) electrons. The highest BCUT2D eigenvalue weighted by Crippen LogP contribution is 2.36. The predicted molar refractivity (Wildman–Crippen MR) is 102 cm³/mol. The largest absolute Gasteiger partial charge is 0.433 e. The summed E-state index contributed by atoms with van der Waals surface area (Å²) in [5.74, 6) is 1.23. The molecule has 0 unspecified atom stereocenters. The summed E-state index contributed by atoms with van der Waals surface area (Å²) in [6.07, 6.45) is -2.68. The second-order valence-electron chi connectivity index (χ2n) is 7.88. The lowest BCUT2D eigenvalue weighted by atomic mass is 10.0. The second-order valence-corrected chi connectivity index (χ2v) is 7.88. The van der Waals surface area contributed by atoms with Crippen LogP contribution in [0.4, 0.5) is 33.5 Å². The number of halogens is 5. The van der Waals surface area contributed by atoms with E-state index in [0.717, 1.165) is 10.7 Å². The summed E-state index contributed by atoms with van der Waals surface area (Å²) in [6.45, 7) is 2.28. The Morgan fingerprint density at radius 1 is 0.935 bits per heavy atom. The third kappa shape index (κ3) is 3.74. The summed E-state index contributed by atoms with van der Waals surface area (Å²) in [5, 5.41) is 3.94. The third-order valence-electron chi connectivity index (χ3n) is 5.86. The summed E-state index contributed by atoms with van der Waals surface area (Å²) >= 11 is 0. The zero-order valence-corrected chi connectivity index (χ0v) is 16.2. The van der Waals surface area contributed by atoms with Gasteiger partial charge >= 0.3 is 6.18 Å². The van der Waals surface area contributed by atoms with Gasteiger partial charge in [-0.25, -0.2) is 28.4 Å². The van der Waals surface area contributed by atoms with Crippen molar-refractivity contribution < 1.29 is 22.0 Å². The SMILES string of the molecule is FC(F)Cn1ncc2ncc(N3C[C@@H]4CN(c5ccc(C(F)(F)F)nc5)C[C@H]4C3)nc21. The maximum absolute atomic E-state index is 12.8. The summed E-state index contributed by atoms with van der Waals surface area (Å²) in [5.41, 5.74) is 0.560. The molecule has 0 aromatic carbocycles. The van der Waals surface area contributed by atoms with Crippen LogP contribution in [0.25, 0.3) is 11.2 Å². The van der Waals surface area contributed by atoms with Gasteiger partial charge in [0.2, 0.25) is 0 Å². The minimum atomic E-state index is -4.45. The molecule has 0 bridgehead atoms. The first-order chi connectivity index (χ1) is 14.8. The van der Waals surface area contributed by atoms with Crippen molar-refractivity contribution in [2.75, 3.05) is 36.0 Å². The quantitative estimate of drug-likeness (QED) is 0.583. The van der Waals surface area contributed by atoms with E-state index < -0.39 is 24.8 Å². The van der Waals surface area contributed by atoms with Crippen molar-refractivity contribution in [3.05, 3.63) is 36.4 Å². The van der Waals surface area contributed by atoms with E-state index in [9.17, 15) is 22.0 Å². The highest BCUT2D eigenvalue weighted by Gasteiger charge is 2.41. The van der Waals surface area contributed by atoms with Crippen LogP contribution in [0.5, 0.6) is 0 Å². The van der Waals surface area contributed by atoms with Crippen LogP contribution in [-0.4, -0.2) is 57.3 Å². The third-order valence-corrected chi connectivity index (χ3v) is 5.86. The molecule has 0 aliphatic carbocycles. The molecule has 7 nitrogen and oxygen atoms in total. The minimum absolute atomic E-state index is 0.311. The van der Waals surface area contributed by atoms with E-state index in [1.807, 2.05) is 4.90 Å². The molecule has 5 rings (SSSR count). The molecule has 3 aromatic heterocycles. The fourth-order valence-electron chi connectivity index (χ4n) is 4.39. The van der Waals surface area contributed by atoms with Crippen LogP contribution in [0.1, 0.15) is 5.69 Å². The molecule has 0 saturated carbocycles. The van der Waals surface area contributed by atoms with Crippen molar-refractivity contribution in [3.8, 4) is 0 Å². The van der Waals surface area contributed by atoms with Gasteiger partial charge in [0.15, 0.2) is 5.65 Å². The molecule has 31 heavy (non-hydrogen) atoms. The van der Waals surface area contributed by atoms with Crippen LogP contribution in [-0.2, 0) is 12.7 Å². The van der Waals surface area contributed by atoms with E-state index in [0.29, 0.717) is 60.7 Å². The maximum Gasteiger partial charge on any atom is 0.433 e. The molecule has 2 fully saturated rings. The number of nitrogens with zero attached hydrogens (tertiary/aromatic N) is 7. The van der Waals surface area contributed by atoms with Gasteiger partial charge in [0.1, 0.15) is 23.6 Å². The Balaban J connectivity index is 1.28. The van der Waals surface area contributed by atoms with Gasteiger partial charge in [-0.1, -0.05) is 0 Å². The molecule has 0 amide bonds. The molecule has 0 spiro atoms. The topological polar surface area (TPSA) is 63.0 Å². The van der Waals surface area contributed by atoms with Crippen molar-refractivity contribution in [1.82, 2.24) is 24.7 Å². The van der Waals surface area contributed by atoms with Gasteiger partial charge in [-0.2, -0.15) is 18.3 Å². The fourth-order valence-corrected chi connectivity index (χ4v) is 4.39. The number of hydrogen-bond donors (Lipinski definition) is 0. The van der Waals surface area contributed by atoms with E-state index in [1.165, 1.54) is 18.5 Å². The monoisotopic (exact) mass is 439 g/mol. The number of rotatable bonds is 4. The molecule has 0 N–H and O–H groups in total. The molecular weight excluding hydrogens is 421 g/mol. The number of hydrogen-bond acceptors (Lipinski definition) is 6. The van der Waals surface area contributed by atoms with Crippen LogP contribution in [0.3, 0.4) is 0 Å². The Morgan fingerprint density at radius 3 is 2.26 bits per heavy atom. The molecular formula is C19H18F5N7. The lowest BCUT2D eigenvalue weighted by Crippen LogP contribution is -2.29. The Hall–Kier alpha value is -3.05. The molecule has 2 saturated heterocycles. The van der Waals surface area contributed by atoms with Crippen molar-refractivity contribution in [2.45, 2.75) is 19.1 Å². The minimum Gasteiger partial charge on any atom is -0.370 e. The van der Waals surface area contributed by atoms with E-state index >= 15 is 0 Å². The van der Waals surface area contributed by atoms with Gasteiger partial charge in [0.05, 0.1) is 24.3 Å². The first-order valence-electron chi connectivity index (χ1n) is 9.78. The molecule has 2 atom stereocenters. The number of fused-ring (bicyclic) bond motifs is 2. The van der Waals surface area contributed by atoms with E-state index in [1.54, 1.807) is 6.20 Å². The Labute approximate surface area is 173 Å². The first kappa shape index (κ1) is 19.9. The number of aromatic nitrogens is 5. The number of alkyl halides is 5. The molecule has 2 aliphatic heterocycles. The predicted octanol–water partition coefficient (Wildman–Crippen LogP) is 3.08. The van der Waals surface area contributed by atoms with Crippen molar-refractivity contribution in [1.29, 1.82) is 0 Å². The normalized spacial score (nSPS) is 21.5. The van der Waals surface area contributed by atoms with E-state index in [4.69, 9.17) is 0 Å². The zero-order chi connectivity index (χ0) is 21.8. The summed E-state index contributed by atoms with van der Waals surface area (Å²) in [7, 11) is 0. The van der Waals surface area contributed by atoms with Crippen LogP contribution in [0.2, 0.25) is 0 Å². The lowest BCUT2D eigenvalue weighted by molar-refractivity contribution is -0.141. The first-order valence-corrected chi connectivity index (χ1v) is 9.78. The average Bonchev–Trinajstić information content (AvgIpc) is 3.40. The fraction of sp³-hybridized carbons (Fsp3) is 0.474. The molecule has 2 aliphatic rings. The van der Waals surface area contributed by atoms with Gasteiger partial charge in [0, 0.05) is 38.0 Å². The smallest absolute Gasteiger partial charge is 0.370 e. The Kier molecular flexibility index (Phi) is 4.67. The standard InChI is InChI=1S/C19H18F5N7/c20-16(21)10-31-18-14(4-27-31)25-5-17(28-18)30-8-11-6-29(7-12(11)9-30)13-1-2-15(26-3-13)19(22,23)24/h1-5,11-12,16H,6-10H2/t11-,12-/m0/s1. The second kappa shape index (κ2) is 7.27. The maximum atomic E-state index is 12.8. The van der Waals surface area contributed by atoms with Crippen molar-refractivity contribution in [2.24, 2.45) is 11.8 Å². The van der Waals surface area contributed by atoms with Crippen LogP contribution < -0.4 is 9.80 Å². The summed E-state index contributed by atoms with van der Waals surface area (Å²) in [4.78, 5) is 16.5. The number of pyridine rings is 1. The Morgan fingerprint density at radius 2 is 1.65 bits per heavy atom. The van der Waals surface area contributed by atoms with E-state index in [-0.39, 0.29) is 0 Å². The van der Waals surface area contributed by atoms with Gasteiger partial charge in [-0.05, 0) is 12.1 Å². The summed E-state index contributed by atoms with van der Waals surface area (Å²) < 4.78 is 64.8. The molecule has 12 heteroatoms. The molecule has 5 heterocycles. The highest BCUT2D eigenvalue weighted by molar-refractivity contribution is 5.71. The van der Waals surface area contributed by atoms with E-state index in [2.05, 4.69) is 25.0 Å². The summed E-state index contributed by atoms with van der Waals surface area (Å²) in [6, 6.07) is 2.46. The van der Waals surface area contributed by atoms with Gasteiger partial charge in [-0.15, -0.1) is 0 Å². The highest BCUT2D eigenvalue weighted by atomic mass is 19.4. The van der Waals surface area contributed by atoms with Crippen LogP contribution in [0.15, 0.2) is 30.7 Å². The van der Waals surface area contributed by atoms with Gasteiger partial charge in [0.25, 0.3) is 6.43 Å². The zero-order valence-electron chi connectivity index (χ0n) is 16.2. The number of anilines is 2. The average molecular weight is 439 g/mol. The van der Waals surface area contributed by atoms with Gasteiger partial charge < -0.3 is 9.80 Å². The Bertz CT molecular complexity index is 1070. The van der Waals surface area contributed by atoms with Crippen molar-refractivity contribution in [3.63, 3.8) is 0 Å². The molecule has 164 valence electrons. The van der Waals surface area contributed by atoms with Gasteiger partial charge in [-0.3, -0.25) is 0 Å².